The first-order valence-corrected chi connectivity index (χ1v) is 8.58. The van der Waals surface area contributed by atoms with E-state index in [0.717, 1.165) is 31.2 Å². The van der Waals surface area contributed by atoms with E-state index in [4.69, 9.17) is 4.74 Å². The highest BCUT2D eigenvalue weighted by Gasteiger charge is 2.22. The third kappa shape index (κ3) is 3.80. The molecule has 3 aromatic rings. The number of benzene rings is 2. The van der Waals surface area contributed by atoms with Gasteiger partial charge < -0.3 is 15.0 Å². The van der Waals surface area contributed by atoms with Crippen LogP contribution < -0.4 is 10.2 Å². The monoisotopic (exact) mass is 331 g/mol. The zero-order valence-corrected chi connectivity index (χ0v) is 14.0. The first-order valence-electron chi connectivity index (χ1n) is 8.58. The largest absolute Gasteiger partial charge is 0.370 e. The molecule has 1 atom stereocenters. The van der Waals surface area contributed by atoms with E-state index in [0.29, 0.717) is 0 Å². The molecule has 25 heavy (non-hydrogen) atoms. The highest BCUT2D eigenvalue weighted by molar-refractivity contribution is 5.56. The molecule has 1 saturated heterocycles. The SMILES string of the molecule is c1ccc(N2CCOC(c3ccc(Nc4ccccn4)cc3)C2)cc1. The Hall–Kier alpha value is -2.85. The molecule has 1 fully saturated rings. The van der Waals surface area contributed by atoms with E-state index in [9.17, 15) is 0 Å². The van der Waals surface area contributed by atoms with Crippen molar-refractivity contribution < 1.29 is 4.74 Å². The van der Waals surface area contributed by atoms with Crippen molar-refractivity contribution in [2.75, 3.05) is 29.9 Å². The Labute approximate surface area is 148 Å². The van der Waals surface area contributed by atoms with E-state index in [1.54, 1.807) is 6.20 Å². The van der Waals surface area contributed by atoms with Gasteiger partial charge in [0.2, 0.25) is 0 Å². The van der Waals surface area contributed by atoms with Gasteiger partial charge in [-0.1, -0.05) is 36.4 Å². The first kappa shape index (κ1) is 15.7. The molecule has 0 radical (unpaired) electrons. The summed E-state index contributed by atoms with van der Waals surface area (Å²) in [5, 5.41) is 3.31. The van der Waals surface area contributed by atoms with Crippen molar-refractivity contribution in [3.63, 3.8) is 0 Å². The maximum atomic E-state index is 6.00. The summed E-state index contributed by atoms with van der Waals surface area (Å²) in [5.41, 5.74) is 3.48. The number of morpholine rings is 1. The molecule has 0 amide bonds. The van der Waals surface area contributed by atoms with Crippen molar-refractivity contribution in [3.05, 3.63) is 84.6 Å². The molecule has 4 nitrogen and oxygen atoms in total. The minimum atomic E-state index is 0.0952. The van der Waals surface area contributed by atoms with Crippen molar-refractivity contribution in [1.29, 1.82) is 0 Å². The zero-order chi connectivity index (χ0) is 16.9. The van der Waals surface area contributed by atoms with Crippen LogP contribution in [-0.2, 0) is 4.74 Å². The molecule has 1 aliphatic rings. The summed E-state index contributed by atoms with van der Waals surface area (Å²) in [6, 6.07) is 24.8. The van der Waals surface area contributed by atoms with Gasteiger partial charge in [-0.2, -0.15) is 0 Å². The summed E-state index contributed by atoms with van der Waals surface area (Å²) in [5.74, 6) is 0.847. The summed E-state index contributed by atoms with van der Waals surface area (Å²) in [4.78, 5) is 6.67. The normalized spacial score (nSPS) is 17.3. The van der Waals surface area contributed by atoms with Crippen molar-refractivity contribution in [3.8, 4) is 0 Å². The van der Waals surface area contributed by atoms with Crippen molar-refractivity contribution >= 4 is 17.2 Å². The average Bonchev–Trinajstić information content (AvgIpc) is 2.70. The summed E-state index contributed by atoms with van der Waals surface area (Å²) in [6.45, 7) is 2.55. The quantitative estimate of drug-likeness (QED) is 0.769. The molecule has 126 valence electrons. The lowest BCUT2D eigenvalue weighted by molar-refractivity contribution is 0.0398. The number of hydrogen-bond acceptors (Lipinski definition) is 4. The molecule has 0 saturated carbocycles. The number of nitrogens with zero attached hydrogens (tertiary/aromatic N) is 2. The highest BCUT2D eigenvalue weighted by atomic mass is 16.5. The highest BCUT2D eigenvalue weighted by Crippen LogP contribution is 2.27. The van der Waals surface area contributed by atoms with Crippen LogP contribution in [-0.4, -0.2) is 24.7 Å². The molecule has 1 N–H and O–H groups in total. The topological polar surface area (TPSA) is 37.4 Å². The van der Waals surface area contributed by atoms with Crippen LogP contribution in [0.1, 0.15) is 11.7 Å². The molecule has 2 heterocycles. The molecule has 4 rings (SSSR count). The van der Waals surface area contributed by atoms with Gasteiger partial charge in [0.05, 0.1) is 6.61 Å². The number of aromatic nitrogens is 1. The fraction of sp³-hybridized carbons (Fsp3) is 0.190. The van der Waals surface area contributed by atoms with Crippen LogP contribution in [0.2, 0.25) is 0 Å². The molecule has 1 unspecified atom stereocenters. The summed E-state index contributed by atoms with van der Waals surface area (Å²) >= 11 is 0. The number of para-hydroxylation sites is 1. The van der Waals surface area contributed by atoms with Crippen LogP contribution in [0.4, 0.5) is 17.2 Å². The van der Waals surface area contributed by atoms with Crippen molar-refractivity contribution in [2.24, 2.45) is 0 Å². The van der Waals surface area contributed by atoms with Gasteiger partial charge in [-0.15, -0.1) is 0 Å². The van der Waals surface area contributed by atoms with Gasteiger partial charge in [0.15, 0.2) is 0 Å². The number of anilines is 3. The van der Waals surface area contributed by atoms with Gasteiger partial charge >= 0.3 is 0 Å². The predicted octanol–water partition coefficient (Wildman–Crippen LogP) is 4.40. The minimum Gasteiger partial charge on any atom is -0.370 e. The molecule has 0 spiro atoms. The van der Waals surface area contributed by atoms with E-state index in [1.165, 1.54) is 11.3 Å². The van der Waals surface area contributed by atoms with Crippen LogP contribution in [0.15, 0.2) is 79.0 Å². The second-order valence-electron chi connectivity index (χ2n) is 6.10. The molecule has 2 aromatic carbocycles. The van der Waals surface area contributed by atoms with E-state index in [-0.39, 0.29) is 6.10 Å². The molecule has 0 bridgehead atoms. The smallest absolute Gasteiger partial charge is 0.130 e. The maximum absolute atomic E-state index is 6.00. The molecule has 1 aromatic heterocycles. The summed E-state index contributed by atoms with van der Waals surface area (Å²) < 4.78 is 6.00. The van der Waals surface area contributed by atoms with E-state index < -0.39 is 0 Å². The molecule has 0 aliphatic carbocycles. The molecular formula is C21H21N3O. The third-order valence-electron chi connectivity index (χ3n) is 4.41. The number of hydrogen-bond donors (Lipinski definition) is 1. The van der Waals surface area contributed by atoms with Gasteiger partial charge in [-0.3, -0.25) is 0 Å². The fourth-order valence-electron chi connectivity index (χ4n) is 3.09. The lowest BCUT2D eigenvalue weighted by Gasteiger charge is -2.34. The van der Waals surface area contributed by atoms with Gasteiger partial charge in [0, 0.05) is 30.7 Å². The average molecular weight is 331 g/mol. The molecule has 4 heteroatoms. The van der Waals surface area contributed by atoms with Crippen molar-refractivity contribution in [2.45, 2.75) is 6.10 Å². The maximum Gasteiger partial charge on any atom is 0.130 e. The Bertz CT molecular complexity index is 790. The van der Waals surface area contributed by atoms with Crippen LogP contribution in [0, 0.1) is 0 Å². The lowest BCUT2D eigenvalue weighted by Crippen LogP contribution is -2.38. The van der Waals surface area contributed by atoms with Crippen LogP contribution in [0.25, 0.3) is 0 Å². The third-order valence-corrected chi connectivity index (χ3v) is 4.41. The van der Waals surface area contributed by atoms with Crippen LogP contribution >= 0.6 is 0 Å². The second kappa shape index (κ2) is 7.36. The Morgan fingerprint density at radius 2 is 1.72 bits per heavy atom. The molecule has 1 aliphatic heterocycles. The minimum absolute atomic E-state index is 0.0952. The van der Waals surface area contributed by atoms with Crippen LogP contribution in [0.5, 0.6) is 0 Å². The number of pyridine rings is 1. The number of rotatable bonds is 4. The van der Waals surface area contributed by atoms with Crippen LogP contribution in [0.3, 0.4) is 0 Å². The van der Waals surface area contributed by atoms with E-state index in [2.05, 4.69) is 69.8 Å². The van der Waals surface area contributed by atoms with E-state index >= 15 is 0 Å². The van der Waals surface area contributed by atoms with Gasteiger partial charge in [-0.05, 0) is 42.0 Å². The van der Waals surface area contributed by atoms with Crippen molar-refractivity contribution in [1.82, 2.24) is 4.98 Å². The van der Waals surface area contributed by atoms with Gasteiger partial charge in [-0.25, -0.2) is 4.98 Å². The molecular weight excluding hydrogens is 310 g/mol. The zero-order valence-electron chi connectivity index (χ0n) is 14.0. The summed E-state index contributed by atoms with van der Waals surface area (Å²) in [6.07, 6.45) is 1.88. The Kier molecular flexibility index (Phi) is 4.61. The lowest BCUT2D eigenvalue weighted by atomic mass is 10.1. The fourth-order valence-corrected chi connectivity index (χ4v) is 3.09. The Morgan fingerprint density at radius 1 is 0.920 bits per heavy atom. The van der Waals surface area contributed by atoms with Gasteiger partial charge in [0.25, 0.3) is 0 Å². The Balaban J connectivity index is 1.44. The van der Waals surface area contributed by atoms with E-state index in [1.807, 2.05) is 18.2 Å². The van der Waals surface area contributed by atoms with Gasteiger partial charge in [0.1, 0.15) is 11.9 Å². The number of ether oxygens (including phenoxy) is 1. The second-order valence-corrected chi connectivity index (χ2v) is 6.10. The Morgan fingerprint density at radius 3 is 2.48 bits per heavy atom. The summed E-state index contributed by atoms with van der Waals surface area (Å²) in [7, 11) is 0. The standard InChI is InChI=1S/C21H21N3O/c1-2-6-19(7-3-1)24-14-15-25-20(16-24)17-9-11-18(12-10-17)23-21-8-4-5-13-22-21/h1-13,20H,14-16H2,(H,22,23). The predicted molar refractivity (Wildman–Crippen MR) is 101 cm³/mol. The number of nitrogens with one attached hydrogen (secondary N) is 1. The first-order chi connectivity index (χ1) is 12.4.